The number of rotatable bonds is 7. The summed E-state index contributed by atoms with van der Waals surface area (Å²) in [5.41, 5.74) is 7.65. The molecule has 206 valence electrons. The van der Waals surface area contributed by atoms with Gasteiger partial charge in [0.2, 0.25) is 0 Å². The number of imidazole rings is 1. The Hall–Kier alpha value is -3.94. The number of fused-ring (bicyclic) bond motifs is 1. The first kappa shape index (κ1) is 26.3. The molecule has 3 aromatic carbocycles. The van der Waals surface area contributed by atoms with E-state index in [1.165, 1.54) is 5.56 Å². The lowest BCUT2D eigenvalue weighted by atomic mass is 9.96. The summed E-state index contributed by atoms with van der Waals surface area (Å²) >= 11 is 0. The maximum Gasteiger partial charge on any atom is 0.326 e. The number of H-pyrrole nitrogens is 1. The molecule has 0 bridgehead atoms. The molecule has 2 aliphatic rings. The number of hydrogen-bond acceptors (Lipinski definition) is 5. The zero-order valence-corrected chi connectivity index (χ0v) is 23.2. The van der Waals surface area contributed by atoms with Crippen molar-refractivity contribution in [3.63, 3.8) is 0 Å². The molecule has 0 radical (unpaired) electrons. The maximum atomic E-state index is 12.6. The van der Waals surface area contributed by atoms with Gasteiger partial charge in [0.1, 0.15) is 0 Å². The number of aromatic amines is 1. The minimum Gasteiger partial charge on any atom is -0.368 e. The highest BCUT2D eigenvalue weighted by Crippen LogP contribution is 2.31. The van der Waals surface area contributed by atoms with Crippen LogP contribution in [0.2, 0.25) is 0 Å². The Morgan fingerprint density at radius 1 is 0.950 bits per heavy atom. The molecular weight excluding hydrogens is 498 g/mol. The van der Waals surface area contributed by atoms with E-state index in [1.54, 1.807) is 0 Å². The summed E-state index contributed by atoms with van der Waals surface area (Å²) in [7, 11) is 0. The molecule has 2 atom stereocenters. The standard InChI is InChI=1S/C33H37N5O2/c1-3-22(2)29-32(39)36-31(30(35-29)24-9-5-4-6-10-24)25-15-13-23(14-16-25)21-37-19-17-26(18-20-37)38-28-12-8-7-11-27(28)34-33(38)40/h4-16,22,26,32,36,39H,3,17-21H2,1-2H3,(H,34,40). The van der Waals surface area contributed by atoms with Gasteiger partial charge in [-0.05, 0) is 48.4 Å². The number of hydrogen-bond donors (Lipinski definition) is 3. The van der Waals surface area contributed by atoms with E-state index in [9.17, 15) is 9.90 Å². The fourth-order valence-electron chi connectivity index (χ4n) is 5.95. The summed E-state index contributed by atoms with van der Waals surface area (Å²) in [6.45, 7) is 6.98. The third-order valence-corrected chi connectivity index (χ3v) is 8.40. The molecule has 1 saturated heterocycles. The number of benzene rings is 3. The first-order valence-corrected chi connectivity index (χ1v) is 14.4. The Kier molecular flexibility index (Phi) is 7.41. The second-order valence-corrected chi connectivity index (χ2v) is 11.0. The van der Waals surface area contributed by atoms with E-state index in [2.05, 4.69) is 65.4 Å². The zero-order valence-electron chi connectivity index (χ0n) is 23.2. The molecule has 3 heterocycles. The van der Waals surface area contributed by atoms with Crippen molar-refractivity contribution in [1.82, 2.24) is 19.8 Å². The summed E-state index contributed by atoms with van der Waals surface area (Å²) in [6, 6.07) is 26.9. The molecule has 40 heavy (non-hydrogen) atoms. The Morgan fingerprint density at radius 2 is 1.65 bits per heavy atom. The molecule has 0 saturated carbocycles. The van der Waals surface area contributed by atoms with Gasteiger partial charge in [0.25, 0.3) is 0 Å². The van der Waals surface area contributed by atoms with Crippen molar-refractivity contribution in [2.24, 2.45) is 10.9 Å². The molecule has 4 aromatic rings. The van der Waals surface area contributed by atoms with Crippen molar-refractivity contribution in [3.8, 4) is 0 Å². The smallest absolute Gasteiger partial charge is 0.326 e. The van der Waals surface area contributed by atoms with E-state index in [4.69, 9.17) is 4.99 Å². The van der Waals surface area contributed by atoms with Crippen LogP contribution < -0.4 is 11.0 Å². The lowest BCUT2D eigenvalue weighted by Crippen LogP contribution is -2.41. The minimum atomic E-state index is -0.803. The lowest BCUT2D eigenvalue weighted by Gasteiger charge is -2.32. The molecule has 2 aliphatic heterocycles. The number of aliphatic hydroxyl groups excluding tert-OH is 1. The van der Waals surface area contributed by atoms with Crippen LogP contribution in [-0.2, 0) is 6.54 Å². The summed E-state index contributed by atoms with van der Waals surface area (Å²) in [4.78, 5) is 23.1. The predicted molar refractivity (Wildman–Crippen MR) is 162 cm³/mol. The molecule has 2 unspecified atom stereocenters. The van der Waals surface area contributed by atoms with Gasteiger partial charge in [0, 0.05) is 31.2 Å². The van der Waals surface area contributed by atoms with Crippen LogP contribution in [0.5, 0.6) is 0 Å². The van der Waals surface area contributed by atoms with E-state index in [-0.39, 0.29) is 17.6 Å². The van der Waals surface area contributed by atoms with Crippen molar-refractivity contribution >= 4 is 28.1 Å². The topological polar surface area (TPSA) is 85.7 Å². The highest BCUT2D eigenvalue weighted by molar-refractivity contribution is 6.03. The highest BCUT2D eigenvalue weighted by Gasteiger charge is 2.27. The first-order valence-electron chi connectivity index (χ1n) is 14.4. The van der Waals surface area contributed by atoms with Gasteiger partial charge in [-0.3, -0.25) is 9.47 Å². The average Bonchev–Trinajstić information content (AvgIpc) is 3.33. The fourth-order valence-corrected chi connectivity index (χ4v) is 5.95. The third-order valence-electron chi connectivity index (χ3n) is 8.40. The van der Waals surface area contributed by atoms with Crippen molar-refractivity contribution in [2.45, 2.75) is 51.9 Å². The number of piperidine rings is 1. The number of aromatic nitrogens is 2. The van der Waals surface area contributed by atoms with E-state index in [0.29, 0.717) is 0 Å². The van der Waals surface area contributed by atoms with E-state index >= 15 is 0 Å². The van der Waals surface area contributed by atoms with Gasteiger partial charge in [-0.1, -0.05) is 80.6 Å². The van der Waals surface area contributed by atoms with Crippen LogP contribution in [0.25, 0.3) is 22.4 Å². The lowest BCUT2D eigenvalue weighted by molar-refractivity contribution is 0.180. The molecular formula is C33H37N5O2. The van der Waals surface area contributed by atoms with Crippen LogP contribution in [0.1, 0.15) is 55.8 Å². The molecule has 0 aliphatic carbocycles. The van der Waals surface area contributed by atoms with Crippen LogP contribution >= 0.6 is 0 Å². The first-order chi connectivity index (χ1) is 19.5. The van der Waals surface area contributed by atoms with Crippen molar-refractivity contribution in [2.75, 3.05) is 13.1 Å². The summed E-state index contributed by atoms with van der Waals surface area (Å²) in [5.74, 6) is 0.184. The Morgan fingerprint density at radius 3 is 2.38 bits per heavy atom. The van der Waals surface area contributed by atoms with Gasteiger partial charge in [-0.15, -0.1) is 0 Å². The highest BCUT2D eigenvalue weighted by atomic mass is 16.3. The zero-order chi connectivity index (χ0) is 27.6. The number of nitrogens with zero attached hydrogens (tertiary/aromatic N) is 3. The number of likely N-dealkylation sites (tertiary alicyclic amines) is 1. The molecule has 7 nitrogen and oxygen atoms in total. The van der Waals surface area contributed by atoms with Crippen LogP contribution in [-0.4, -0.2) is 44.6 Å². The van der Waals surface area contributed by atoms with E-state index in [0.717, 1.165) is 78.2 Å². The summed E-state index contributed by atoms with van der Waals surface area (Å²) in [5, 5.41) is 14.2. The molecule has 7 heteroatoms. The fraction of sp³-hybridized carbons (Fsp3) is 0.333. The monoisotopic (exact) mass is 535 g/mol. The van der Waals surface area contributed by atoms with Crippen LogP contribution in [0.3, 0.4) is 0 Å². The molecule has 3 N–H and O–H groups in total. The SMILES string of the molecule is CCC(C)C1=NC(c2ccccc2)=C(c2ccc(CN3CCC(n4c(=O)[nH]c5ccccc54)CC3)cc2)NC1O. The largest absolute Gasteiger partial charge is 0.368 e. The Bertz CT molecular complexity index is 1590. The number of aliphatic imine (C=N–C) groups is 1. The number of para-hydroxylation sites is 2. The predicted octanol–water partition coefficient (Wildman–Crippen LogP) is 5.40. The van der Waals surface area contributed by atoms with Crippen molar-refractivity contribution in [1.29, 1.82) is 0 Å². The van der Waals surface area contributed by atoms with Crippen molar-refractivity contribution in [3.05, 3.63) is 106 Å². The van der Waals surface area contributed by atoms with Gasteiger partial charge >= 0.3 is 5.69 Å². The third kappa shape index (κ3) is 5.15. The van der Waals surface area contributed by atoms with Gasteiger partial charge in [0.05, 0.1) is 28.1 Å². The second-order valence-electron chi connectivity index (χ2n) is 11.0. The van der Waals surface area contributed by atoms with Crippen LogP contribution in [0.15, 0.2) is 88.6 Å². The molecule has 6 rings (SSSR count). The van der Waals surface area contributed by atoms with Gasteiger partial charge in [-0.25, -0.2) is 9.79 Å². The molecule has 1 fully saturated rings. The van der Waals surface area contributed by atoms with E-state index < -0.39 is 6.23 Å². The quantitative estimate of drug-likeness (QED) is 0.296. The Labute approximate surface area is 234 Å². The van der Waals surface area contributed by atoms with Gasteiger partial charge in [0.15, 0.2) is 6.23 Å². The average molecular weight is 536 g/mol. The number of nitrogens with one attached hydrogen (secondary N) is 2. The molecule has 0 amide bonds. The van der Waals surface area contributed by atoms with Crippen molar-refractivity contribution < 1.29 is 5.11 Å². The summed E-state index contributed by atoms with van der Waals surface area (Å²) in [6.07, 6.45) is 2.01. The minimum absolute atomic E-state index is 0.0125. The molecule has 0 spiro atoms. The second kappa shape index (κ2) is 11.3. The Balaban J connectivity index is 1.18. The maximum absolute atomic E-state index is 12.6. The van der Waals surface area contributed by atoms with Crippen LogP contribution in [0, 0.1) is 5.92 Å². The van der Waals surface area contributed by atoms with Gasteiger partial charge in [-0.2, -0.15) is 0 Å². The normalized spacial score (nSPS) is 19.5. The molecule has 1 aromatic heterocycles. The number of aliphatic hydroxyl groups is 1. The van der Waals surface area contributed by atoms with Crippen LogP contribution in [0.4, 0.5) is 0 Å². The summed E-state index contributed by atoms with van der Waals surface area (Å²) < 4.78 is 1.94. The van der Waals surface area contributed by atoms with E-state index in [1.807, 2.05) is 47.0 Å². The van der Waals surface area contributed by atoms with Gasteiger partial charge < -0.3 is 15.4 Å².